The van der Waals surface area contributed by atoms with Gasteiger partial charge in [-0.25, -0.2) is 0 Å². The van der Waals surface area contributed by atoms with Gasteiger partial charge in [0, 0.05) is 12.6 Å². The van der Waals surface area contributed by atoms with Gasteiger partial charge in [-0.15, -0.1) is 0 Å². The molecule has 4 nitrogen and oxygen atoms in total. The number of likely N-dealkylation sites (tertiary alicyclic amines) is 1. The van der Waals surface area contributed by atoms with Crippen LogP contribution in [0.25, 0.3) is 0 Å². The number of nitrogens with two attached hydrogens (primary N) is 1. The van der Waals surface area contributed by atoms with E-state index in [4.69, 9.17) is 10.5 Å². The van der Waals surface area contributed by atoms with Gasteiger partial charge < -0.3 is 10.5 Å². The number of esters is 1. The molecule has 1 aliphatic rings. The zero-order valence-electron chi connectivity index (χ0n) is 11.3. The maximum absolute atomic E-state index is 11.8. The smallest absolute Gasteiger partial charge is 0.323 e. The predicted octanol–water partition coefficient (Wildman–Crippen LogP) is 1.39. The van der Waals surface area contributed by atoms with Crippen LogP contribution in [0.1, 0.15) is 40.0 Å². The predicted molar refractivity (Wildman–Crippen MR) is 68.7 cm³/mol. The molecular formula is C13H26N2O2. The van der Waals surface area contributed by atoms with Crippen LogP contribution in [-0.2, 0) is 9.53 Å². The highest BCUT2D eigenvalue weighted by Gasteiger charge is 2.33. The standard InChI is InChI=1S/C13H26N2O2/c1-4-11-6-7-15(12(8-11)9-14)10(3)13(16)17-5-2/h10-12H,4-9,14H2,1-3H3. The number of nitrogens with zero attached hydrogens (tertiary/aromatic N) is 1. The second-order valence-corrected chi connectivity index (χ2v) is 4.85. The molecule has 3 atom stereocenters. The van der Waals surface area contributed by atoms with Gasteiger partial charge in [0.2, 0.25) is 0 Å². The lowest BCUT2D eigenvalue weighted by Crippen LogP contribution is -2.53. The number of ether oxygens (including phenoxy) is 1. The number of carbonyl (C=O) groups excluding carboxylic acids is 1. The first kappa shape index (κ1) is 14.5. The average molecular weight is 242 g/mol. The lowest BCUT2D eigenvalue weighted by atomic mass is 9.88. The van der Waals surface area contributed by atoms with Crippen LogP contribution < -0.4 is 5.73 Å². The molecule has 17 heavy (non-hydrogen) atoms. The molecule has 1 fully saturated rings. The normalized spacial score (nSPS) is 27.8. The van der Waals surface area contributed by atoms with E-state index in [-0.39, 0.29) is 12.0 Å². The van der Waals surface area contributed by atoms with Crippen molar-refractivity contribution in [2.24, 2.45) is 11.7 Å². The summed E-state index contributed by atoms with van der Waals surface area (Å²) in [5.41, 5.74) is 5.83. The van der Waals surface area contributed by atoms with Gasteiger partial charge >= 0.3 is 5.97 Å². The van der Waals surface area contributed by atoms with Crippen molar-refractivity contribution in [1.29, 1.82) is 0 Å². The van der Waals surface area contributed by atoms with E-state index in [1.165, 1.54) is 6.42 Å². The van der Waals surface area contributed by atoms with Crippen LogP contribution in [0, 0.1) is 5.92 Å². The van der Waals surface area contributed by atoms with Gasteiger partial charge in [0.15, 0.2) is 0 Å². The maximum atomic E-state index is 11.8. The number of hydrogen-bond acceptors (Lipinski definition) is 4. The molecule has 0 aromatic rings. The SMILES string of the molecule is CCOC(=O)C(C)N1CCC(CC)CC1CN. The number of rotatable bonds is 5. The van der Waals surface area contributed by atoms with Crippen molar-refractivity contribution < 1.29 is 9.53 Å². The van der Waals surface area contributed by atoms with E-state index in [0.29, 0.717) is 19.2 Å². The Labute approximate surface area is 104 Å². The quantitative estimate of drug-likeness (QED) is 0.740. The Morgan fingerprint density at radius 2 is 2.24 bits per heavy atom. The van der Waals surface area contributed by atoms with E-state index in [1.807, 2.05) is 13.8 Å². The summed E-state index contributed by atoms with van der Waals surface area (Å²) in [4.78, 5) is 14.0. The first-order valence-electron chi connectivity index (χ1n) is 6.76. The van der Waals surface area contributed by atoms with Crippen molar-refractivity contribution in [1.82, 2.24) is 4.90 Å². The fraction of sp³-hybridized carbons (Fsp3) is 0.923. The van der Waals surface area contributed by atoms with Crippen molar-refractivity contribution in [2.45, 2.75) is 52.1 Å². The van der Waals surface area contributed by atoms with E-state index < -0.39 is 0 Å². The number of piperidine rings is 1. The van der Waals surface area contributed by atoms with Crippen molar-refractivity contribution in [2.75, 3.05) is 19.7 Å². The van der Waals surface area contributed by atoms with E-state index >= 15 is 0 Å². The molecule has 100 valence electrons. The lowest BCUT2D eigenvalue weighted by Gasteiger charge is -2.41. The van der Waals surface area contributed by atoms with Gasteiger partial charge in [0.1, 0.15) is 6.04 Å². The second-order valence-electron chi connectivity index (χ2n) is 4.85. The molecule has 1 heterocycles. The summed E-state index contributed by atoms with van der Waals surface area (Å²) in [5, 5.41) is 0. The Bertz CT molecular complexity index is 246. The Morgan fingerprint density at radius 3 is 2.76 bits per heavy atom. The van der Waals surface area contributed by atoms with Crippen molar-refractivity contribution in [3.63, 3.8) is 0 Å². The highest BCUT2D eigenvalue weighted by atomic mass is 16.5. The Hall–Kier alpha value is -0.610. The second kappa shape index (κ2) is 6.97. The third-order valence-corrected chi connectivity index (χ3v) is 3.84. The molecule has 0 aromatic carbocycles. The maximum Gasteiger partial charge on any atom is 0.323 e. The third-order valence-electron chi connectivity index (χ3n) is 3.84. The summed E-state index contributed by atoms with van der Waals surface area (Å²) >= 11 is 0. The number of hydrogen-bond donors (Lipinski definition) is 1. The molecule has 0 spiro atoms. The molecule has 4 heteroatoms. The average Bonchev–Trinajstić information content (AvgIpc) is 2.37. The van der Waals surface area contributed by atoms with Crippen LogP contribution >= 0.6 is 0 Å². The van der Waals surface area contributed by atoms with Crippen LogP contribution in [0.15, 0.2) is 0 Å². The summed E-state index contributed by atoms with van der Waals surface area (Å²) < 4.78 is 5.08. The zero-order chi connectivity index (χ0) is 12.8. The van der Waals surface area contributed by atoms with Crippen molar-refractivity contribution >= 4 is 5.97 Å². The van der Waals surface area contributed by atoms with Crippen LogP contribution in [0.2, 0.25) is 0 Å². The zero-order valence-corrected chi connectivity index (χ0v) is 11.3. The van der Waals surface area contributed by atoms with Gasteiger partial charge in [-0.3, -0.25) is 9.69 Å². The van der Waals surface area contributed by atoms with Gasteiger partial charge in [0.25, 0.3) is 0 Å². The molecule has 0 aromatic heterocycles. The van der Waals surface area contributed by atoms with Crippen molar-refractivity contribution in [3.8, 4) is 0 Å². The molecule has 2 N–H and O–H groups in total. The van der Waals surface area contributed by atoms with Gasteiger partial charge in [-0.1, -0.05) is 13.3 Å². The highest BCUT2D eigenvalue weighted by molar-refractivity contribution is 5.75. The van der Waals surface area contributed by atoms with Crippen LogP contribution in [-0.4, -0.2) is 42.6 Å². The van der Waals surface area contributed by atoms with Crippen LogP contribution in [0.4, 0.5) is 0 Å². The fourth-order valence-electron chi connectivity index (χ4n) is 2.66. The molecule has 0 radical (unpaired) electrons. The largest absolute Gasteiger partial charge is 0.465 e. The Balaban J connectivity index is 2.59. The van der Waals surface area contributed by atoms with Gasteiger partial charge in [0.05, 0.1) is 6.61 Å². The van der Waals surface area contributed by atoms with Crippen LogP contribution in [0.3, 0.4) is 0 Å². The molecular weight excluding hydrogens is 216 g/mol. The molecule has 0 aliphatic carbocycles. The minimum absolute atomic E-state index is 0.124. The minimum atomic E-state index is -0.165. The molecule has 0 saturated carbocycles. The summed E-state index contributed by atoms with van der Waals surface area (Å²) in [6.07, 6.45) is 3.48. The van der Waals surface area contributed by atoms with Crippen LogP contribution in [0.5, 0.6) is 0 Å². The first-order valence-corrected chi connectivity index (χ1v) is 6.76. The number of carbonyl (C=O) groups is 1. The van der Waals surface area contributed by atoms with Gasteiger partial charge in [-0.2, -0.15) is 0 Å². The summed E-state index contributed by atoms with van der Waals surface area (Å²) in [6, 6.07) is 0.161. The van der Waals surface area contributed by atoms with E-state index in [0.717, 1.165) is 25.3 Å². The first-order chi connectivity index (χ1) is 8.13. The summed E-state index contributed by atoms with van der Waals surface area (Å²) in [5.74, 6) is 0.634. The Morgan fingerprint density at radius 1 is 1.53 bits per heavy atom. The topological polar surface area (TPSA) is 55.6 Å². The molecule has 1 aliphatic heterocycles. The summed E-state index contributed by atoms with van der Waals surface area (Å²) in [7, 11) is 0. The molecule has 1 rings (SSSR count). The molecule has 1 saturated heterocycles. The molecule has 3 unspecified atom stereocenters. The highest BCUT2D eigenvalue weighted by Crippen LogP contribution is 2.26. The van der Waals surface area contributed by atoms with Crippen molar-refractivity contribution in [3.05, 3.63) is 0 Å². The van der Waals surface area contributed by atoms with E-state index in [1.54, 1.807) is 0 Å². The fourth-order valence-corrected chi connectivity index (χ4v) is 2.66. The minimum Gasteiger partial charge on any atom is -0.465 e. The third kappa shape index (κ3) is 3.68. The monoisotopic (exact) mass is 242 g/mol. The summed E-state index contributed by atoms with van der Waals surface area (Å²) in [6.45, 7) is 8.02. The van der Waals surface area contributed by atoms with E-state index in [9.17, 15) is 4.79 Å². The lowest BCUT2D eigenvalue weighted by molar-refractivity contribution is -0.150. The Kier molecular flexibility index (Phi) is 5.92. The van der Waals surface area contributed by atoms with Gasteiger partial charge in [-0.05, 0) is 39.2 Å². The molecule has 0 amide bonds. The molecule has 0 bridgehead atoms. The van der Waals surface area contributed by atoms with E-state index in [2.05, 4.69) is 11.8 Å².